The summed E-state index contributed by atoms with van der Waals surface area (Å²) in [6.45, 7) is -1.05. The predicted octanol–water partition coefficient (Wildman–Crippen LogP) is 3.54. The van der Waals surface area contributed by atoms with Crippen LogP contribution in [-0.2, 0) is 18.1 Å². The molecule has 1 atom stereocenters. The quantitative estimate of drug-likeness (QED) is 0.313. The fourth-order valence-electron chi connectivity index (χ4n) is 3.40. The number of nitrogens with zero attached hydrogens (tertiary/aromatic N) is 5. The van der Waals surface area contributed by atoms with Gasteiger partial charge in [0.15, 0.2) is 23.0 Å². The number of carbonyl (C=O) groups excluding carboxylic acids is 1. The number of halogens is 6. The van der Waals surface area contributed by atoms with Crippen LogP contribution in [0.2, 0.25) is 0 Å². The molecule has 180 valence electrons. The van der Waals surface area contributed by atoms with Crippen molar-refractivity contribution >= 4 is 5.78 Å². The number of hydrogen-bond donors (Lipinski definition) is 1. The van der Waals surface area contributed by atoms with Crippen molar-refractivity contribution in [2.75, 3.05) is 0 Å². The maximum atomic E-state index is 15.7. The highest BCUT2D eigenvalue weighted by Gasteiger charge is 2.58. The van der Waals surface area contributed by atoms with E-state index in [1.54, 1.807) is 0 Å². The number of carbonyl (C=O) groups is 1. The van der Waals surface area contributed by atoms with Crippen LogP contribution in [-0.4, -0.2) is 36.1 Å². The molecule has 2 aromatic carbocycles. The molecule has 0 aliphatic heterocycles. The van der Waals surface area contributed by atoms with Crippen molar-refractivity contribution < 1.29 is 36.2 Å². The van der Waals surface area contributed by atoms with Crippen LogP contribution in [0.5, 0.6) is 0 Å². The minimum Gasteiger partial charge on any atom is -0.377 e. The Labute approximate surface area is 192 Å². The molecule has 0 spiro atoms. The van der Waals surface area contributed by atoms with Crippen LogP contribution in [0.25, 0.3) is 0 Å². The monoisotopic (exact) mass is 493 g/mol. The van der Waals surface area contributed by atoms with E-state index in [0.29, 0.717) is 30.3 Å². The highest BCUT2D eigenvalue weighted by atomic mass is 19.3. The molecular weight excluding hydrogens is 480 g/mol. The van der Waals surface area contributed by atoms with E-state index in [1.165, 1.54) is 0 Å². The fourth-order valence-corrected chi connectivity index (χ4v) is 3.40. The van der Waals surface area contributed by atoms with E-state index in [4.69, 9.17) is 0 Å². The van der Waals surface area contributed by atoms with Gasteiger partial charge in [-0.05, 0) is 52.9 Å². The second-order valence-corrected chi connectivity index (χ2v) is 7.46. The highest BCUT2D eigenvalue weighted by Crippen LogP contribution is 2.46. The van der Waals surface area contributed by atoms with Crippen LogP contribution in [0.15, 0.2) is 61.1 Å². The Morgan fingerprint density at radius 1 is 0.914 bits per heavy atom. The van der Waals surface area contributed by atoms with Crippen molar-refractivity contribution in [2.45, 2.75) is 18.1 Å². The molecule has 4 rings (SSSR count). The number of aliphatic hydroxyl groups is 1. The van der Waals surface area contributed by atoms with Gasteiger partial charge in [0.2, 0.25) is 0 Å². The Morgan fingerprint density at radius 2 is 1.66 bits per heavy atom. The smallest absolute Gasteiger partial charge is 0.323 e. The number of tetrazole rings is 1. The van der Waals surface area contributed by atoms with Crippen molar-refractivity contribution in [3.63, 3.8) is 0 Å². The van der Waals surface area contributed by atoms with E-state index in [2.05, 4.69) is 20.5 Å². The molecular formula is C22H13F6N5O2. The van der Waals surface area contributed by atoms with Crippen LogP contribution in [0.4, 0.5) is 26.3 Å². The number of ketones is 1. The molecule has 13 heteroatoms. The van der Waals surface area contributed by atoms with Crippen LogP contribution in [0.1, 0.15) is 27.2 Å². The fraction of sp³-hybridized carbons (Fsp3) is 0.136. The first-order valence-electron chi connectivity index (χ1n) is 9.76. The molecule has 2 heterocycles. The van der Waals surface area contributed by atoms with Gasteiger partial charge in [-0.2, -0.15) is 8.78 Å². The molecule has 35 heavy (non-hydrogen) atoms. The van der Waals surface area contributed by atoms with Gasteiger partial charge in [-0.3, -0.25) is 9.78 Å². The maximum Gasteiger partial charge on any atom is 0.323 e. The Bertz CT molecular complexity index is 1380. The van der Waals surface area contributed by atoms with Gasteiger partial charge in [-0.15, -0.1) is 5.10 Å². The van der Waals surface area contributed by atoms with Crippen LogP contribution in [0.3, 0.4) is 0 Å². The number of benzene rings is 2. The van der Waals surface area contributed by atoms with Gasteiger partial charge >= 0.3 is 5.92 Å². The van der Waals surface area contributed by atoms with E-state index < -0.39 is 58.4 Å². The summed E-state index contributed by atoms with van der Waals surface area (Å²) in [5.74, 6) is -10.1. The van der Waals surface area contributed by atoms with E-state index >= 15 is 8.78 Å². The van der Waals surface area contributed by atoms with Gasteiger partial charge in [0.05, 0.1) is 6.54 Å². The Kier molecular flexibility index (Phi) is 6.11. The molecule has 0 bridgehead atoms. The van der Waals surface area contributed by atoms with Gasteiger partial charge < -0.3 is 5.11 Å². The Hall–Kier alpha value is -4.13. The summed E-state index contributed by atoms with van der Waals surface area (Å²) in [5, 5.41) is 21.1. The molecule has 7 nitrogen and oxygen atoms in total. The summed E-state index contributed by atoms with van der Waals surface area (Å²) in [6.07, 6.45) is 1.64. The molecule has 1 N–H and O–H groups in total. The number of hydrogen-bond acceptors (Lipinski definition) is 6. The van der Waals surface area contributed by atoms with Gasteiger partial charge in [-0.1, -0.05) is 0 Å². The average Bonchev–Trinajstić information content (AvgIpc) is 3.33. The zero-order valence-electron chi connectivity index (χ0n) is 17.3. The predicted molar refractivity (Wildman–Crippen MR) is 106 cm³/mol. The Morgan fingerprint density at radius 3 is 2.26 bits per heavy atom. The Balaban J connectivity index is 1.74. The topological polar surface area (TPSA) is 93.8 Å². The molecule has 1 unspecified atom stereocenters. The lowest BCUT2D eigenvalue weighted by molar-refractivity contribution is -0.207. The SMILES string of the molecule is O=C(c1ccc(C(F)(F)C(O)(Cn2cnnn2)c2ccc(F)cc2F)nc1)c1ccc(F)c(F)c1. The largest absolute Gasteiger partial charge is 0.377 e. The zero-order valence-corrected chi connectivity index (χ0v) is 17.3. The van der Waals surface area contributed by atoms with Crippen molar-refractivity contribution in [3.05, 3.63) is 107 Å². The van der Waals surface area contributed by atoms with Gasteiger partial charge in [0, 0.05) is 29.0 Å². The number of alkyl halides is 2. The molecule has 0 aliphatic rings. The van der Waals surface area contributed by atoms with Crippen molar-refractivity contribution in [1.82, 2.24) is 25.2 Å². The third-order valence-corrected chi connectivity index (χ3v) is 5.21. The molecule has 0 saturated carbocycles. The highest BCUT2D eigenvalue weighted by molar-refractivity contribution is 6.08. The standard InChI is InChI=1S/C22H13F6N5O2/c23-14-3-4-15(17(25)8-14)21(35,10-33-11-30-31-32-33)22(27,28)19-6-2-13(9-29-19)20(34)12-1-5-16(24)18(26)7-12/h1-9,11,35H,10H2. The van der Waals surface area contributed by atoms with Crippen LogP contribution >= 0.6 is 0 Å². The minimum atomic E-state index is -4.32. The molecule has 0 saturated heterocycles. The minimum absolute atomic E-state index is 0.243. The number of pyridine rings is 1. The average molecular weight is 493 g/mol. The van der Waals surface area contributed by atoms with E-state index in [1.807, 2.05) is 0 Å². The first kappa shape index (κ1) is 24.0. The summed E-state index contributed by atoms with van der Waals surface area (Å²) in [4.78, 5) is 16.0. The van der Waals surface area contributed by atoms with E-state index in [9.17, 15) is 27.5 Å². The van der Waals surface area contributed by atoms with Gasteiger partial charge in [0.25, 0.3) is 0 Å². The van der Waals surface area contributed by atoms with Crippen LogP contribution < -0.4 is 0 Å². The summed E-state index contributed by atoms with van der Waals surface area (Å²) in [6, 6.07) is 5.69. The first-order valence-corrected chi connectivity index (χ1v) is 9.76. The maximum absolute atomic E-state index is 15.7. The number of aromatic nitrogens is 5. The zero-order chi connectivity index (χ0) is 25.4. The summed E-state index contributed by atoms with van der Waals surface area (Å²) < 4.78 is 86.6. The van der Waals surface area contributed by atoms with Crippen molar-refractivity contribution in [2.24, 2.45) is 0 Å². The van der Waals surface area contributed by atoms with Crippen molar-refractivity contribution in [1.29, 1.82) is 0 Å². The third-order valence-electron chi connectivity index (χ3n) is 5.21. The molecule has 4 aromatic rings. The molecule has 0 fully saturated rings. The lowest BCUT2D eigenvalue weighted by Crippen LogP contribution is -2.48. The summed E-state index contributed by atoms with van der Waals surface area (Å²) in [5.41, 5.74) is -5.87. The second-order valence-electron chi connectivity index (χ2n) is 7.46. The molecule has 2 aromatic heterocycles. The van der Waals surface area contributed by atoms with E-state index in [0.717, 1.165) is 35.4 Å². The van der Waals surface area contributed by atoms with Crippen molar-refractivity contribution in [3.8, 4) is 0 Å². The summed E-state index contributed by atoms with van der Waals surface area (Å²) in [7, 11) is 0. The van der Waals surface area contributed by atoms with Crippen LogP contribution in [0, 0.1) is 23.3 Å². The lowest BCUT2D eigenvalue weighted by Gasteiger charge is -2.35. The van der Waals surface area contributed by atoms with Gasteiger partial charge in [0.1, 0.15) is 23.7 Å². The molecule has 0 amide bonds. The summed E-state index contributed by atoms with van der Waals surface area (Å²) >= 11 is 0. The van der Waals surface area contributed by atoms with Gasteiger partial charge in [-0.25, -0.2) is 22.2 Å². The third kappa shape index (κ3) is 4.37. The number of rotatable bonds is 7. The molecule has 0 aliphatic carbocycles. The van der Waals surface area contributed by atoms with E-state index in [-0.39, 0.29) is 11.1 Å². The first-order chi connectivity index (χ1) is 16.5. The normalized spacial score (nSPS) is 13.5. The lowest BCUT2D eigenvalue weighted by atomic mass is 9.84. The second kappa shape index (κ2) is 8.91. The molecule has 0 radical (unpaired) electrons.